The van der Waals surface area contributed by atoms with E-state index in [1.807, 2.05) is 16.8 Å². The number of nitrogens with zero attached hydrogens (tertiary/aromatic N) is 2. The Labute approximate surface area is 163 Å². The third-order valence-electron chi connectivity index (χ3n) is 5.50. The summed E-state index contributed by atoms with van der Waals surface area (Å²) in [4.78, 5) is 11.7. The van der Waals surface area contributed by atoms with Crippen molar-refractivity contribution in [3.05, 3.63) is 51.8 Å². The summed E-state index contributed by atoms with van der Waals surface area (Å²) in [5.74, 6) is 5.63. The minimum atomic E-state index is -1.07. The molecule has 3 N–H and O–H groups in total. The number of aromatic nitrogens is 2. The largest absolute Gasteiger partial charge is 0.378 e. The fourth-order valence-electron chi connectivity index (χ4n) is 4.27. The molecule has 0 radical (unpaired) electrons. The normalized spacial score (nSPS) is 24.1. The number of hydrogen-bond acceptors (Lipinski definition) is 3. The van der Waals surface area contributed by atoms with Crippen LogP contribution in [0.1, 0.15) is 65.5 Å². The highest BCUT2D eigenvalue weighted by molar-refractivity contribution is 6.30. The van der Waals surface area contributed by atoms with Gasteiger partial charge in [0.05, 0.1) is 6.04 Å². The van der Waals surface area contributed by atoms with Crippen molar-refractivity contribution < 1.29 is 9.90 Å². The van der Waals surface area contributed by atoms with Gasteiger partial charge in [0.2, 0.25) is 0 Å². The van der Waals surface area contributed by atoms with E-state index in [-0.39, 0.29) is 6.04 Å². The molecule has 6 heteroatoms. The van der Waals surface area contributed by atoms with Crippen LogP contribution in [0.25, 0.3) is 0 Å². The van der Waals surface area contributed by atoms with Crippen LogP contribution < -0.4 is 5.73 Å². The zero-order chi connectivity index (χ0) is 19.0. The van der Waals surface area contributed by atoms with Crippen LogP contribution in [0.4, 0.5) is 0 Å². The van der Waals surface area contributed by atoms with E-state index in [2.05, 4.69) is 16.9 Å². The zero-order valence-corrected chi connectivity index (χ0v) is 15.8. The van der Waals surface area contributed by atoms with E-state index >= 15 is 0 Å². The third kappa shape index (κ3) is 3.60. The minimum Gasteiger partial charge on any atom is -0.378 e. The van der Waals surface area contributed by atoms with Crippen molar-refractivity contribution in [2.24, 2.45) is 5.73 Å². The first kappa shape index (κ1) is 18.1. The van der Waals surface area contributed by atoms with Crippen LogP contribution in [-0.2, 0) is 12.8 Å². The molecule has 27 heavy (non-hydrogen) atoms. The smallest absolute Gasteiger partial charge is 0.269 e. The Morgan fingerprint density at radius 3 is 3.00 bits per heavy atom. The number of benzene rings is 1. The Morgan fingerprint density at radius 2 is 2.22 bits per heavy atom. The van der Waals surface area contributed by atoms with Gasteiger partial charge in [-0.05, 0) is 56.7 Å². The molecule has 2 aliphatic rings. The van der Waals surface area contributed by atoms with Crippen molar-refractivity contribution >= 4 is 17.5 Å². The molecule has 0 saturated heterocycles. The quantitative estimate of drug-likeness (QED) is 0.782. The lowest BCUT2D eigenvalue weighted by Gasteiger charge is -2.33. The van der Waals surface area contributed by atoms with Crippen LogP contribution in [0.5, 0.6) is 0 Å². The van der Waals surface area contributed by atoms with E-state index in [0.717, 1.165) is 48.9 Å². The molecule has 1 heterocycles. The van der Waals surface area contributed by atoms with Gasteiger partial charge in [0.25, 0.3) is 5.91 Å². The first-order chi connectivity index (χ1) is 13.0. The second kappa shape index (κ2) is 7.03. The molecular weight excluding hydrogens is 362 g/mol. The maximum atomic E-state index is 11.7. The van der Waals surface area contributed by atoms with Gasteiger partial charge in [0.15, 0.2) is 5.69 Å². The molecule has 1 aromatic heterocycles. The molecule has 5 nitrogen and oxygen atoms in total. The summed E-state index contributed by atoms with van der Waals surface area (Å²) in [5, 5.41) is 16.2. The summed E-state index contributed by atoms with van der Waals surface area (Å²) in [6.45, 7) is 0. The summed E-state index contributed by atoms with van der Waals surface area (Å²) < 4.78 is 1.94. The topological polar surface area (TPSA) is 81.1 Å². The van der Waals surface area contributed by atoms with E-state index in [0.29, 0.717) is 23.6 Å². The van der Waals surface area contributed by atoms with Gasteiger partial charge in [-0.15, -0.1) is 0 Å². The number of rotatable bonds is 2. The van der Waals surface area contributed by atoms with Gasteiger partial charge >= 0.3 is 0 Å². The maximum Gasteiger partial charge on any atom is 0.269 e. The van der Waals surface area contributed by atoms with Crippen molar-refractivity contribution in [2.75, 3.05) is 0 Å². The van der Waals surface area contributed by atoms with Gasteiger partial charge in [-0.3, -0.25) is 9.48 Å². The Balaban J connectivity index is 1.61. The summed E-state index contributed by atoms with van der Waals surface area (Å²) in [5.41, 5.74) is 7.70. The van der Waals surface area contributed by atoms with Crippen LogP contribution >= 0.6 is 11.6 Å². The molecule has 1 amide bonds. The molecule has 2 aromatic rings. The molecule has 2 aliphatic carbocycles. The van der Waals surface area contributed by atoms with Crippen molar-refractivity contribution in [1.82, 2.24) is 9.78 Å². The summed E-state index contributed by atoms with van der Waals surface area (Å²) >= 11 is 6.01. The lowest BCUT2D eigenvalue weighted by atomic mass is 9.82. The van der Waals surface area contributed by atoms with Gasteiger partial charge in [-0.25, -0.2) is 0 Å². The molecule has 1 aromatic carbocycles. The maximum absolute atomic E-state index is 11.7. The number of nitrogens with two attached hydrogens (primary N) is 1. The van der Waals surface area contributed by atoms with Gasteiger partial charge in [-0.2, -0.15) is 5.10 Å². The average Bonchev–Trinajstić information content (AvgIpc) is 3.22. The number of hydrogen-bond donors (Lipinski definition) is 2. The van der Waals surface area contributed by atoms with Crippen LogP contribution in [-0.4, -0.2) is 26.4 Å². The van der Waals surface area contributed by atoms with Crippen LogP contribution in [0.15, 0.2) is 24.3 Å². The second-order valence-corrected chi connectivity index (χ2v) is 7.91. The second-order valence-electron chi connectivity index (χ2n) is 7.48. The molecule has 4 rings (SSSR count). The predicted octanol–water partition coefficient (Wildman–Crippen LogP) is 3.02. The van der Waals surface area contributed by atoms with Gasteiger partial charge in [-0.1, -0.05) is 29.5 Å². The molecule has 140 valence electrons. The van der Waals surface area contributed by atoms with E-state index < -0.39 is 11.5 Å². The standard InChI is InChI=1S/C21H22ClN3O2/c22-15-5-1-4-14(12-15)9-11-21(27)10-3-6-16(13-21)25-18-8-2-7-17(18)19(24-25)20(23)26/h1,4-5,12,16,27H,2-3,6-8,10,13H2,(H2,23,26)/t16-,21+/m0/s1. The van der Waals surface area contributed by atoms with Crippen molar-refractivity contribution in [2.45, 2.75) is 56.6 Å². The van der Waals surface area contributed by atoms with Gasteiger partial charge in [0, 0.05) is 28.3 Å². The summed E-state index contributed by atoms with van der Waals surface area (Å²) in [7, 11) is 0. The number of primary amides is 1. The van der Waals surface area contributed by atoms with E-state index in [9.17, 15) is 9.90 Å². The Kier molecular flexibility index (Phi) is 4.71. The minimum absolute atomic E-state index is 0.0253. The Hall–Kier alpha value is -2.29. The number of fused-ring (bicyclic) bond motifs is 1. The molecule has 0 bridgehead atoms. The lowest BCUT2D eigenvalue weighted by molar-refractivity contribution is 0.0366. The van der Waals surface area contributed by atoms with Crippen LogP contribution in [0.3, 0.4) is 0 Å². The molecule has 0 unspecified atom stereocenters. The number of carbonyl (C=O) groups is 1. The monoisotopic (exact) mass is 383 g/mol. The highest BCUT2D eigenvalue weighted by Gasteiger charge is 2.37. The number of aliphatic hydroxyl groups is 1. The first-order valence-electron chi connectivity index (χ1n) is 9.36. The van der Waals surface area contributed by atoms with E-state index in [1.54, 1.807) is 12.1 Å². The van der Waals surface area contributed by atoms with Crippen LogP contribution in [0, 0.1) is 11.8 Å². The fourth-order valence-corrected chi connectivity index (χ4v) is 4.46. The molecular formula is C21H22ClN3O2. The highest BCUT2D eigenvalue weighted by atomic mass is 35.5. The molecule has 2 atom stereocenters. The zero-order valence-electron chi connectivity index (χ0n) is 15.0. The molecule has 1 fully saturated rings. The molecule has 1 saturated carbocycles. The van der Waals surface area contributed by atoms with Crippen LogP contribution in [0.2, 0.25) is 5.02 Å². The number of carbonyl (C=O) groups excluding carboxylic acids is 1. The lowest BCUT2D eigenvalue weighted by Crippen LogP contribution is -2.35. The fraction of sp³-hybridized carbons (Fsp3) is 0.429. The highest BCUT2D eigenvalue weighted by Crippen LogP contribution is 2.38. The molecule has 0 aliphatic heterocycles. The SMILES string of the molecule is NC(=O)c1nn([C@H]2CCC[C@@](O)(C#Cc3cccc(Cl)c3)C2)c2c1CCC2. The Morgan fingerprint density at radius 1 is 1.37 bits per heavy atom. The number of halogens is 1. The predicted molar refractivity (Wildman–Crippen MR) is 104 cm³/mol. The molecule has 0 spiro atoms. The number of amides is 1. The van der Waals surface area contributed by atoms with E-state index in [1.165, 1.54) is 0 Å². The summed E-state index contributed by atoms with van der Waals surface area (Å²) in [6, 6.07) is 7.34. The Bertz CT molecular complexity index is 956. The average molecular weight is 384 g/mol. The van der Waals surface area contributed by atoms with Crippen molar-refractivity contribution in [1.29, 1.82) is 0 Å². The van der Waals surface area contributed by atoms with E-state index in [4.69, 9.17) is 17.3 Å². The van der Waals surface area contributed by atoms with Gasteiger partial charge < -0.3 is 10.8 Å². The van der Waals surface area contributed by atoms with Gasteiger partial charge in [0.1, 0.15) is 5.60 Å². The van der Waals surface area contributed by atoms with Crippen molar-refractivity contribution in [3.8, 4) is 11.8 Å². The summed E-state index contributed by atoms with van der Waals surface area (Å²) in [6.07, 6.45) is 5.65. The third-order valence-corrected chi connectivity index (χ3v) is 5.74. The van der Waals surface area contributed by atoms with Crippen molar-refractivity contribution in [3.63, 3.8) is 0 Å². The first-order valence-corrected chi connectivity index (χ1v) is 9.74.